The molecule has 1 heterocycles. The Morgan fingerprint density at radius 2 is 2.00 bits per heavy atom. The van der Waals surface area contributed by atoms with Crippen LogP contribution in [0.3, 0.4) is 0 Å². The molecular formula is C12H14ClN3O3S2. The number of nitrogens with zero attached hydrogens (tertiary/aromatic N) is 2. The van der Waals surface area contributed by atoms with Crippen LogP contribution in [-0.2, 0) is 14.6 Å². The molecule has 6 nitrogen and oxygen atoms in total. The number of benzene rings is 1. The van der Waals surface area contributed by atoms with Gasteiger partial charge in [-0.15, -0.1) is 5.10 Å². The predicted octanol–water partition coefficient (Wildman–Crippen LogP) is 1.65. The standard InChI is InChI=1S/C12H14ClN3O3S2/c1-8(17)16-12(2,20-11(14)15-16)7-21(18,19)10-5-3-9(13)4-6-10/h3-6H,7H2,1-2H3,(H2,14,15)/t12-/m0/s1. The highest BCUT2D eigenvalue weighted by molar-refractivity contribution is 8.15. The van der Waals surface area contributed by atoms with E-state index in [0.717, 1.165) is 16.8 Å². The summed E-state index contributed by atoms with van der Waals surface area (Å²) >= 11 is 6.81. The van der Waals surface area contributed by atoms with Crippen LogP contribution in [0.15, 0.2) is 34.3 Å². The van der Waals surface area contributed by atoms with Crippen molar-refractivity contribution in [2.45, 2.75) is 23.6 Å². The van der Waals surface area contributed by atoms with E-state index < -0.39 is 14.7 Å². The fourth-order valence-corrected chi connectivity index (χ4v) is 5.27. The van der Waals surface area contributed by atoms with Gasteiger partial charge in [0.25, 0.3) is 0 Å². The number of rotatable bonds is 3. The summed E-state index contributed by atoms with van der Waals surface area (Å²) in [6.45, 7) is 2.94. The van der Waals surface area contributed by atoms with Crippen LogP contribution in [-0.4, -0.2) is 35.1 Å². The molecule has 0 aromatic heterocycles. The van der Waals surface area contributed by atoms with Gasteiger partial charge in [-0.1, -0.05) is 23.4 Å². The fraction of sp³-hybridized carbons (Fsp3) is 0.333. The van der Waals surface area contributed by atoms with Crippen molar-refractivity contribution >= 4 is 44.3 Å². The molecule has 2 rings (SSSR count). The number of thioether (sulfide) groups is 1. The van der Waals surface area contributed by atoms with Crippen LogP contribution < -0.4 is 5.73 Å². The molecular weight excluding hydrogens is 334 g/mol. The van der Waals surface area contributed by atoms with Crippen molar-refractivity contribution in [1.82, 2.24) is 5.01 Å². The summed E-state index contributed by atoms with van der Waals surface area (Å²) in [7, 11) is -3.61. The third-order valence-electron chi connectivity index (χ3n) is 2.90. The number of carbonyl (C=O) groups excluding carboxylic acids is 1. The number of nitrogens with two attached hydrogens (primary N) is 1. The average Bonchev–Trinajstić information content (AvgIpc) is 2.64. The lowest BCUT2D eigenvalue weighted by molar-refractivity contribution is -0.131. The van der Waals surface area contributed by atoms with Crippen LogP contribution in [0.1, 0.15) is 13.8 Å². The first-order chi connectivity index (χ1) is 9.64. The van der Waals surface area contributed by atoms with Crippen molar-refractivity contribution in [3.8, 4) is 0 Å². The van der Waals surface area contributed by atoms with Gasteiger partial charge in [0.2, 0.25) is 5.91 Å². The van der Waals surface area contributed by atoms with Gasteiger partial charge < -0.3 is 5.73 Å². The zero-order chi connectivity index (χ0) is 15.8. The highest BCUT2D eigenvalue weighted by atomic mass is 35.5. The molecule has 2 N–H and O–H groups in total. The maximum absolute atomic E-state index is 12.5. The van der Waals surface area contributed by atoms with E-state index in [1.165, 1.54) is 31.2 Å². The zero-order valence-electron chi connectivity index (χ0n) is 11.4. The molecule has 0 fully saturated rings. The first-order valence-corrected chi connectivity index (χ1v) is 8.81. The number of amidine groups is 1. The van der Waals surface area contributed by atoms with Gasteiger partial charge in [-0.05, 0) is 31.2 Å². The Balaban J connectivity index is 2.32. The monoisotopic (exact) mass is 347 g/mol. The molecule has 0 radical (unpaired) electrons. The number of hydrogen-bond donors (Lipinski definition) is 1. The van der Waals surface area contributed by atoms with E-state index >= 15 is 0 Å². The molecule has 114 valence electrons. The molecule has 1 atom stereocenters. The lowest BCUT2D eigenvalue weighted by atomic mass is 10.3. The van der Waals surface area contributed by atoms with E-state index in [1.54, 1.807) is 6.92 Å². The number of halogens is 1. The van der Waals surface area contributed by atoms with Gasteiger partial charge in [-0.2, -0.15) is 0 Å². The van der Waals surface area contributed by atoms with E-state index in [1.807, 2.05) is 0 Å². The summed E-state index contributed by atoms with van der Waals surface area (Å²) in [6, 6.07) is 5.88. The molecule has 1 amide bonds. The number of carbonyl (C=O) groups is 1. The molecule has 0 bridgehead atoms. The number of hydrogen-bond acceptors (Lipinski definition) is 6. The van der Waals surface area contributed by atoms with Gasteiger partial charge in [-0.25, -0.2) is 13.4 Å². The number of sulfone groups is 1. The molecule has 0 spiro atoms. The van der Waals surface area contributed by atoms with Crippen LogP contribution in [0.5, 0.6) is 0 Å². The SMILES string of the molecule is CC(=O)N1N=C(N)S[C@@]1(C)CS(=O)(=O)c1ccc(Cl)cc1. The van der Waals surface area contributed by atoms with Gasteiger partial charge in [0, 0.05) is 11.9 Å². The Labute approximate surface area is 132 Å². The summed E-state index contributed by atoms with van der Waals surface area (Å²) in [5, 5.41) is 5.62. The van der Waals surface area contributed by atoms with Gasteiger partial charge in [0.15, 0.2) is 15.0 Å². The molecule has 0 saturated heterocycles. The van der Waals surface area contributed by atoms with Crippen LogP contribution in [0.4, 0.5) is 0 Å². The first-order valence-electron chi connectivity index (χ1n) is 5.96. The molecule has 9 heteroatoms. The van der Waals surface area contributed by atoms with Crippen molar-refractivity contribution in [3.63, 3.8) is 0 Å². The van der Waals surface area contributed by atoms with Crippen LogP contribution in [0.25, 0.3) is 0 Å². The Morgan fingerprint density at radius 3 is 2.52 bits per heavy atom. The minimum atomic E-state index is -3.61. The first kappa shape index (κ1) is 16.1. The third kappa shape index (κ3) is 3.33. The summed E-state index contributed by atoms with van der Waals surface area (Å²) in [4.78, 5) is 10.7. The highest BCUT2D eigenvalue weighted by Crippen LogP contribution is 2.38. The fourth-order valence-electron chi connectivity index (χ4n) is 2.07. The largest absolute Gasteiger partial charge is 0.377 e. The second-order valence-electron chi connectivity index (χ2n) is 4.76. The normalized spacial score (nSPS) is 22.2. The minimum Gasteiger partial charge on any atom is -0.377 e. The Hall–Kier alpha value is -1.25. The molecule has 0 saturated carbocycles. The predicted molar refractivity (Wildman–Crippen MR) is 83.6 cm³/mol. The number of amides is 1. The number of hydrazone groups is 1. The maximum atomic E-state index is 12.5. The van der Waals surface area contributed by atoms with E-state index in [9.17, 15) is 13.2 Å². The molecule has 0 aliphatic carbocycles. The molecule has 1 aliphatic heterocycles. The van der Waals surface area contributed by atoms with E-state index in [2.05, 4.69) is 5.10 Å². The average molecular weight is 348 g/mol. The summed E-state index contributed by atoms with van der Waals surface area (Å²) < 4.78 is 25.0. The van der Waals surface area contributed by atoms with Gasteiger partial charge in [0.1, 0.15) is 4.87 Å². The minimum absolute atomic E-state index is 0.141. The van der Waals surface area contributed by atoms with Gasteiger partial charge >= 0.3 is 0 Å². The lowest BCUT2D eigenvalue weighted by Crippen LogP contribution is -2.45. The zero-order valence-corrected chi connectivity index (χ0v) is 13.8. The quantitative estimate of drug-likeness (QED) is 0.897. The van der Waals surface area contributed by atoms with Crippen molar-refractivity contribution in [2.75, 3.05) is 5.75 Å². The third-order valence-corrected chi connectivity index (χ3v) is 6.31. The Kier molecular flexibility index (Phi) is 4.23. The van der Waals surface area contributed by atoms with Crippen molar-refractivity contribution < 1.29 is 13.2 Å². The van der Waals surface area contributed by atoms with Crippen molar-refractivity contribution in [2.24, 2.45) is 10.8 Å². The van der Waals surface area contributed by atoms with Crippen LogP contribution in [0, 0.1) is 0 Å². The summed E-state index contributed by atoms with van der Waals surface area (Å²) in [5.41, 5.74) is 5.62. The Morgan fingerprint density at radius 1 is 1.43 bits per heavy atom. The summed E-state index contributed by atoms with van der Waals surface area (Å²) in [6.07, 6.45) is 0. The van der Waals surface area contributed by atoms with Crippen molar-refractivity contribution in [3.05, 3.63) is 29.3 Å². The van der Waals surface area contributed by atoms with Crippen LogP contribution in [0.2, 0.25) is 5.02 Å². The van der Waals surface area contributed by atoms with E-state index in [-0.39, 0.29) is 21.7 Å². The lowest BCUT2D eigenvalue weighted by Gasteiger charge is -2.30. The van der Waals surface area contributed by atoms with E-state index in [0.29, 0.717) is 5.02 Å². The second kappa shape index (κ2) is 5.51. The van der Waals surface area contributed by atoms with Crippen LogP contribution >= 0.6 is 23.4 Å². The second-order valence-corrected chi connectivity index (χ2v) is 8.69. The molecule has 21 heavy (non-hydrogen) atoms. The molecule has 1 aromatic carbocycles. The molecule has 1 aliphatic rings. The maximum Gasteiger partial charge on any atom is 0.240 e. The van der Waals surface area contributed by atoms with Gasteiger partial charge in [0.05, 0.1) is 10.6 Å². The molecule has 1 aromatic rings. The van der Waals surface area contributed by atoms with Gasteiger partial charge in [-0.3, -0.25) is 4.79 Å². The summed E-state index contributed by atoms with van der Waals surface area (Å²) in [5.74, 6) is -0.660. The molecule has 0 unspecified atom stereocenters. The van der Waals surface area contributed by atoms with Crippen molar-refractivity contribution in [1.29, 1.82) is 0 Å². The van der Waals surface area contributed by atoms with E-state index in [4.69, 9.17) is 17.3 Å². The smallest absolute Gasteiger partial charge is 0.240 e. The highest BCUT2D eigenvalue weighted by Gasteiger charge is 2.45. The Bertz CT molecular complexity index is 703. The topological polar surface area (TPSA) is 92.8 Å².